The van der Waals surface area contributed by atoms with Crippen LogP contribution in [0.15, 0.2) is 24.3 Å². The number of benzene rings is 1. The van der Waals surface area contributed by atoms with Gasteiger partial charge in [-0.3, -0.25) is 0 Å². The van der Waals surface area contributed by atoms with Crippen LogP contribution in [-0.4, -0.2) is 19.7 Å². The number of nitrogens with one attached hydrogen (secondary N) is 1. The van der Waals surface area contributed by atoms with E-state index in [2.05, 4.69) is 23.9 Å². The van der Waals surface area contributed by atoms with E-state index in [0.29, 0.717) is 17.8 Å². The van der Waals surface area contributed by atoms with Crippen molar-refractivity contribution in [3.05, 3.63) is 29.8 Å². The minimum Gasteiger partial charge on any atom is -0.435 e. The summed E-state index contributed by atoms with van der Waals surface area (Å²) in [7, 11) is 0. The lowest BCUT2D eigenvalue weighted by Crippen LogP contribution is -2.22. The van der Waals surface area contributed by atoms with Gasteiger partial charge in [-0.15, -0.1) is 0 Å². The summed E-state index contributed by atoms with van der Waals surface area (Å²) in [5, 5.41) is 3.46. The van der Waals surface area contributed by atoms with E-state index in [9.17, 15) is 8.78 Å². The van der Waals surface area contributed by atoms with Crippen LogP contribution in [0.4, 0.5) is 8.78 Å². The van der Waals surface area contributed by atoms with Crippen LogP contribution in [0.3, 0.4) is 0 Å². The highest BCUT2D eigenvalue weighted by atomic mass is 19.3. The Morgan fingerprint density at radius 3 is 2.53 bits per heavy atom. The molecule has 1 aromatic carbocycles. The summed E-state index contributed by atoms with van der Waals surface area (Å²) in [6.45, 7) is 3.72. The van der Waals surface area contributed by atoms with Crippen molar-refractivity contribution in [3.8, 4) is 5.75 Å². The van der Waals surface area contributed by atoms with Crippen LogP contribution in [0.1, 0.15) is 31.7 Å². The van der Waals surface area contributed by atoms with Crippen molar-refractivity contribution in [3.63, 3.8) is 0 Å². The molecule has 1 aliphatic carbocycles. The molecular formula is C15H21F2NO. The van der Waals surface area contributed by atoms with Crippen LogP contribution < -0.4 is 10.1 Å². The summed E-state index contributed by atoms with van der Waals surface area (Å²) in [5.74, 6) is 2.15. The Hall–Kier alpha value is -1.16. The SMILES string of the molecule is CC(C)CNCC1CC1c1ccc(OC(F)F)cc1. The van der Waals surface area contributed by atoms with E-state index in [1.165, 1.54) is 12.0 Å². The normalized spacial score (nSPS) is 22.0. The maximum absolute atomic E-state index is 12.0. The van der Waals surface area contributed by atoms with Crippen LogP contribution in [0, 0.1) is 11.8 Å². The molecule has 0 radical (unpaired) electrons. The quantitative estimate of drug-likeness (QED) is 0.816. The zero-order valence-electron chi connectivity index (χ0n) is 11.4. The molecule has 0 bridgehead atoms. The number of alkyl halides is 2. The molecule has 2 atom stereocenters. The first-order valence-electron chi connectivity index (χ1n) is 6.81. The van der Waals surface area contributed by atoms with Gasteiger partial charge in [0.25, 0.3) is 0 Å². The molecule has 1 aromatic rings. The molecule has 1 aliphatic rings. The fraction of sp³-hybridized carbons (Fsp3) is 0.600. The lowest BCUT2D eigenvalue weighted by molar-refractivity contribution is -0.0498. The maximum Gasteiger partial charge on any atom is 0.387 e. The van der Waals surface area contributed by atoms with Gasteiger partial charge in [0.15, 0.2) is 0 Å². The highest BCUT2D eigenvalue weighted by Crippen LogP contribution is 2.47. The van der Waals surface area contributed by atoms with Gasteiger partial charge in [0.05, 0.1) is 0 Å². The largest absolute Gasteiger partial charge is 0.435 e. The molecule has 0 saturated heterocycles. The minimum absolute atomic E-state index is 0.230. The molecule has 2 unspecified atom stereocenters. The third kappa shape index (κ3) is 4.46. The van der Waals surface area contributed by atoms with E-state index in [-0.39, 0.29) is 5.75 Å². The fourth-order valence-corrected chi connectivity index (χ4v) is 2.34. The predicted molar refractivity (Wildman–Crippen MR) is 71.6 cm³/mol. The van der Waals surface area contributed by atoms with Crippen molar-refractivity contribution in [1.29, 1.82) is 0 Å². The third-order valence-corrected chi connectivity index (χ3v) is 3.42. The zero-order chi connectivity index (χ0) is 13.8. The van der Waals surface area contributed by atoms with Gasteiger partial charge in [-0.1, -0.05) is 26.0 Å². The second-order valence-electron chi connectivity index (χ2n) is 5.60. The van der Waals surface area contributed by atoms with Gasteiger partial charge in [0, 0.05) is 0 Å². The summed E-state index contributed by atoms with van der Waals surface area (Å²) in [6.07, 6.45) is 1.18. The van der Waals surface area contributed by atoms with Crippen molar-refractivity contribution < 1.29 is 13.5 Å². The van der Waals surface area contributed by atoms with Crippen molar-refractivity contribution in [2.75, 3.05) is 13.1 Å². The van der Waals surface area contributed by atoms with Crippen molar-refractivity contribution in [2.24, 2.45) is 11.8 Å². The summed E-state index contributed by atoms with van der Waals surface area (Å²) in [4.78, 5) is 0. The Kier molecular flexibility index (Phi) is 4.75. The van der Waals surface area contributed by atoms with Crippen LogP contribution in [0.2, 0.25) is 0 Å². The molecule has 19 heavy (non-hydrogen) atoms. The number of hydrogen-bond acceptors (Lipinski definition) is 2. The Bertz CT molecular complexity index is 392. The molecule has 0 amide bonds. The Balaban J connectivity index is 1.78. The van der Waals surface area contributed by atoms with Gasteiger partial charge in [-0.2, -0.15) is 8.78 Å². The predicted octanol–water partition coefficient (Wildman–Crippen LogP) is 3.64. The van der Waals surface area contributed by atoms with Gasteiger partial charge in [0.1, 0.15) is 5.75 Å². The molecule has 2 rings (SSSR count). The van der Waals surface area contributed by atoms with Crippen LogP contribution in [-0.2, 0) is 0 Å². The standard InChI is InChI=1S/C15H21F2NO/c1-10(2)8-18-9-12-7-14(12)11-3-5-13(6-4-11)19-15(16)17/h3-6,10,12,14-15,18H,7-9H2,1-2H3. The van der Waals surface area contributed by atoms with E-state index in [1.54, 1.807) is 12.1 Å². The maximum atomic E-state index is 12.0. The van der Waals surface area contributed by atoms with Gasteiger partial charge < -0.3 is 10.1 Å². The molecule has 106 valence electrons. The average molecular weight is 269 g/mol. The fourth-order valence-electron chi connectivity index (χ4n) is 2.34. The second kappa shape index (κ2) is 6.33. The molecule has 0 aliphatic heterocycles. The van der Waals surface area contributed by atoms with Gasteiger partial charge in [-0.05, 0) is 55.0 Å². The average Bonchev–Trinajstić information content (AvgIpc) is 3.08. The van der Waals surface area contributed by atoms with Crippen LogP contribution in [0.5, 0.6) is 5.75 Å². The van der Waals surface area contributed by atoms with E-state index in [1.807, 2.05) is 12.1 Å². The first-order valence-corrected chi connectivity index (χ1v) is 6.81. The van der Waals surface area contributed by atoms with Crippen molar-refractivity contribution in [2.45, 2.75) is 32.8 Å². The smallest absolute Gasteiger partial charge is 0.387 e. The summed E-state index contributed by atoms with van der Waals surface area (Å²) < 4.78 is 28.4. The Labute approximate surface area is 113 Å². The number of hydrogen-bond donors (Lipinski definition) is 1. The van der Waals surface area contributed by atoms with E-state index in [0.717, 1.165) is 13.1 Å². The van der Waals surface area contributed by atoms with Crippen molar-refractivity contribution >= 4 is 0 Å². The summed E-state index contributed by atoms with van der Waals surface area (Å²) in [5.41, 5.74) is 1.22. The molecular weight excluding hydrogens is 248 g/mol. The Morgan fingerprint density at radius 2 is 1.95 bits per heavy atom. The molecule has 0 aromatic heterocycles. The van der Waals surface area contributed by atoms with E-state index >= 15 is 0 Å². The first-order chi connectivity index (χ1) is 9.06. The first kappa shape index (κ1) is 14.3. The Morgan fingerprint density at radius 1 is 1.26 bits per heavy atom. The third-order valence-electron chi connectivity index (χ3n) is 3.42. The molecule has 0 spiro atoms. The lowest BCUT2D eigenvalue weighted by Gasteiger charge is -2.07. The highest BCUT2D eigenvalue weighted by Gasteiger charge is 2.37. The molecule has 1 N–H and O–H groups in total. The zero-order valence-corrected chi connectivity index (χ0v) is 11.4. The topological polar surface area (TPSA) is 21.3 Å². The lowest BCUT2D eigenvalue weighted by atomic mass is 10.1. The number of rotatable bonds is 7. The van der Waals surface area contributed by atoms with Crippen molar-refractivity contribution in [1.82, 2.24) is 5.32 Å². The van der Waals surface area contributed by atoms with E-state index < -0.39 is 6.61 Å². The van der Waals surface area contributed by atoms with Gasteiger partial charge in [-0.25, -0.2) is 0 Å². The highest BCUT2D eigenvalue weighted by molar-refractivity contribution is 5.32. The molecule has 1 fully saturated rings. The monoisotopic (exact) mass is 269 g/mol. The number of halogens is 2. The van der Waals surface area contributed by atoms with Gasteiger partial charge >= 0.3 is 6.61 Å². The van der Waals surface area contributed by atoms with Crippen LogP contribution in [0.25, 0.3) is 0 Å². The second-order valence-corrected chi connectivity index (χ2v) is 5.60. The molecule has 1 saturated carbocycles. The molecule has 2 nitrogen and oxygen atoms in total. The summed E-state index contributed by atoms with van der Waals surface area (Å²) >= 11 is 0. The number of ether oxygens (including phenoxy) is 1. The van der Waals surface area contributed by atoms with Crippen LogP contribution >= 0.6 is 0 Å². The molecule has 4 heteroatoms. The minimum atomic E-state index is -2.75. The van der Waals surface area contributed by atoms with E-state index in [4.69, 9.17) is 0 Å². The summed E-state index contributed by atoms with van der Waals surface area (Å²) in [6, 6.07) is 7.03. The van der Waals surface area contributed by atoms with Gasteiger partial charge in [0.2, 0.25) is 0 Å². The molecule has 0 heterocycles.